The van der Waals surface area contributed by atoms with Crippen LogP contribution in [0.2, 0.25) is 0 Å². The van der Waals surface area contributed by atoms with Crippen LogP contribution in [0.5, 0.6) is 0 Å². The molecule has 0 saturated carbocycles. The van der Waals surface area contributed by atoms with Crippen LogP contribution in [0.3, 0.4) is 0 Å². The van der Waals surface area contributed by atoms with Crippen LogP contribution in [-0.4, -0.2) is 24.5 Å². The zero-order valence-corrected chi connectivity index (χ0v) is 5.23. The molecule has 7 heavy (non-hydrogen) atoms. The fourth-order valence-corrected chi connectivity index (χ4v) is 0.274. The van der Waals surface area contributed by atoms with Crippen LogP contribution in [0.25, 0.3) is 0 Å². The predicted octanol–water partition coefficient (Wildman–Crippen LogP) is 0.894. The van der Waals surface area contributed by atoms with Gasteiger partial charge in [-0.1, -0.05) is 6.92 Å². The Hall–Kier alpha value is -0.550. The molecule has 1 nitrogen and oxygen atoms in total. The molecular formula is C6H12N+. The van der Waals surface area contributed by atoms with Gasteiger partial charge in [0.15, 0.2) is 5.87 Å². The van der Waals surface area contributed by atoms with Gasteiger partial charge in [-0.05, 0) is 6.42 Å². The Morgan fingerprint density at radius 3 is 2.29 bits per heavy atom. The predicted molar refractivity (Wildman–Crippen MR) is 32.0 cm³/mol. The molecule has 0 atom stereocenters. The van der Waals surface area contributed by atoms with Crippen molar-refractivity contribution in [1.82, 2.24) is 0 Å². The molecule has 1 heteroatoms. The maximum atomic E-state index is 3.00. The third-order valence-corrected chi connectivity index (χ3v) is 0.554. The van der Waals surface area contributed by atoms with Crippen molar-refractivity contribution in [2.45, 2.75) is 13.3 Å². The maximum Gasteiger partial charge on any atom is 0.162 e. The lowest BCUT2D eigenvalue weighted by atomic mass is 10.5. The summed E-state index contributed by atoms with van der Waals surface area (Å²) in [6, 6.07) is 0. The first-order chi connectivity index (χ1) is 3.27. The van der Waals surface area contributed by atoms with E-state index >= 15 is 0 Å². The first kappa shape index (κ1) is 6.45. The Kier molecular flexibility index (Phi) is 3.35. The summed E-state index contributed by atoms with van der Waals surface area (Å²) >= 11 is 0. The average molecular weight is 98.2 g/mol. The minimum absolute atomic E-state index is 1.07. The van der Waals surface area contributed by atoms with E-state index < -0.39 is 0 Å². The summed E-state index contributed by atoms with van der Waals surface area (Å²) in [5.41, 5.74) is 0. The summed E-state index contributed by atoms with van der Waals surface area (Å²) in [6.07, 6.45) is 3.07. The van der Waals surface area contributed by atoms with E-state index in [2.05, 4.69) is 12.8 Å². The van der Waals surface area contributed by atoms with Crippen molar-refractivity contribution in [2.24, 2.45) is 0 Å². The van der Waals surface area contributed by atoms with Gasteiger partial charge in [0.25, 0.3) is 0 Å². The number of nitrogens with zero attached hydrogens (tertiary/aromatic N) is 1. The summed E-state index contributed by atoms with van der Waals surface area (Å²) in [4.78, 5) is 0. The molecule has 0 aromatic heterocycles. The van der Waals surface area contributed by atoms with E-state index in [1.165, 1.54) is 0 Å². The maximum absolute atomic E-state index is 3.00. The molecule has 0 amide bonds. The Morgan fingerprint density at radius 1 is 1.57 bits per heavy atom. The summed E-state index contributed by atoms with van der Waals surface area (Å²) in [5, 5.41) is 0. The van der Waals surface area contributed by atoms with Gasteiger partial charge in [0, 0.05) is 6.08 Å². The summed E-state index contributed by atoms with van der Waals surface area (Å²) in [7, 11) is 3.93. The third-order valence-electron chi connectivity index (χ3n) is 0.554. The molecule has 0 rings (SSSR count). The van der Waals surface area contributed by atoms with Crippen LogP contribution >= 0.6 is 0 Å². The van der Waals surface area contributed by atoms with Crippen LogP contribution in [0.1, 0.15) is 13.3 Å². The smallest absolute Gasteiger partial charge is 0.162 e. The molecule has 0 fully saturated rings. The molecular weight excluding hydrogens is 86.1 g/mol. The molecule has 0 aromatic rings. The summed E-state index contributed by atoms with van der Waals surface area (Å²) < 4.78 is 1.91. The van der Waals surface area contributed by atoms with Crippen LogP contribution in [0.4, 0.5) is 0 Å². The normalized spacial score (nSPS) is 7.29. The summed E-state index contributed by atoms with van der Waals surface area (Å²) in [6.45, 7) is 2.09. The van der Waals surface area contributed by atoms with Crippen LogP contribution in [-0.2, 0) is 0 Å². The molecule has 0 aliphatic heterocycles. The number of hydrogen-bond acceptors (Lipinski definition) is 0. The van der Waals surface area contributed by atoms with Crippen LogP contribution < -0.4 is 0 Å². The van der Waals surface area contributed by atoms with Crippen molar-refractivity contribution in [3.8, 4) is 0 Å². The van der Waals surface area contributed by atoms with E-state index in [4.69, 9.17) is 0 Å². The molecule has 0 aromatic carbocycles. The topological polar surface area (TPSA) is 3.01 Å². The van der Waals surface area contributed by atoms with E-state index in [1.807, 2.05) is 24.7 Å². The molecule has 0 saturated heterocycles. The van der Waals surface area contributed by atoms with Crippen molar-refractivity contribution in [1.29, 1.82) is 0 Å². The highest BCUT2D eigenvalue weighted by molar-refractivity contribution is 5.44. The molecule has 0 aliphatic carbocycles. The Balaban J connectivity index is 3.62. The molecule has 0 unspecified atom stereocenters. The van der Waals surface area contributed by atoms with Crippen LogP contribution in [0.15, 0.2) is 6.08 Å². The average Bonchev–Trinajstić information content (AvgIpc) is 1.61. The van der Waals surface area contributed by atoms with Crippen molar-refractivity contribution in [2.75, 3.05) is 14.1 Å². The van der Waals surface area contributed by atoms with Gasteiger partial charge in [-0.2, -0.15) is 4.58 Å². The zero-order valence-electron chi connectivity index (χ0n) is 5.23. The molecule has 0 bridgehead atoms. The fourth-order valence-electron chi connectivity index (χ4n) is 0.274. The highest BCUT2D eigenvalue weighted by Crippen LogP contribution is 1.67. The van der Waals surface area contributed by atoms with E-state index in [0.29, 0.717) is 0 Å². The third kappa shape index (κ3) is 5.45. The van der Waals surface area contributed by atoms with Gasteiger partial charge in [-0.25, -0.2) is 0 Å². The minimum Gasteiger partial charge on any atom is -0.194 e. The number of allylic oxidation sites excluding steroid dienone is 1. The Bertz CT molecular complexity index is 92.7. The second kappa shape index (κ2) is 3.63. The first-order valence-electron chi connectivity index (χ1n) is 2.52. The lowest BCUT2D eigenvalue weighted by molar-refractivity contribution is -0.456. The Morgan fingerprint density at radius 2 is 2.14 bits per heavy atom. The fraction of sp³-hybridized carbons (Fsp3) is 0.667. The number of rotatable bonds is 1. The van der Waals surface area contributed by atoms with Gasteiger partial charge < -0.3 is 0 Å². The quantitative estimate of drug-likeness (QED) is 0.338. The molecule has 0 heterocycles. The minimum atomic E-state index is 1.07. The molecule has 40 valence electrons. The molecule has 0 N–H and O–H groups in total. The van der Waals surface area contributed by atoms with E-state index in [9.17, 15) is 0 Å². The number of hydrogen-bond donors (Lipinski definition) is 0. The van der Waals surface area contributed by atoms with E-state index in [-0.39, 0.29) is 0 Å². The van der Waals surface area contributed by atoms with Crippen LogP contribution in [0, 0.1) is 0 Å². The van der Waals surface area contributed by atoms with Gasteiger partial charge in [-0.3, -0.25) is 0 Å². The van der Waals surface area contributed by atoms with Gasteiger partial charge in [0.05, 0.1) is 0 Å². The molecule has 0 spiro atoms. The first-order valence-corrected chi connectivity index (χ1v) is 2.52. The largest absolute Gasteiger partial charge is 0.194 e. The van der Waals surface area contributed by atoms with Crippen molar-refractivity contribution in [3.05, 3.63) is 6.08 Å². The van der Waals surface area contributed by atoms with E-state index in [1.54, 1.807) is 0 Å². The van der Waals surface area contributed by atoms with Gasteiger partial charge in [0.2, 0.25) is 0 Å². The van der Waals surface area contributed by atoms with E-state index in [0.717, 1.165) is 6.42 Å². The van der Waals surface area contributed by atoms with Gasteiger partial charge in [0.1, 0.15) is 14.1 Å². The van der Waals surface area contributed by atoms with Crippen molar-refractivity contribution < 1.29 is 4.58 Å². The Labute approximate surface area is 45.0 Å². The van der Waals surface area contributed by atoms with Gasteiger partial charge in [-0.15, -0.1) is 0 Å². The second-order valence-corrected chi connectivity index (χ2v) is 1.64. The molecule has 0 radical (unpaired) electrons. The van der Waals surface area contributed by atoms with Crippen molar-refractivity contribution in [3.63, 3.8) is 0 Å². The lowest BCUT2D eigenvalue weighted by Crippen LogP contribution is -1.91. The summed E-state index contributed by atoms with van der Waals surface area (Å²) in [5.74, 6) is 3.00. The lowest BCUT2D eigenvalue weighted by Gasteiger charge is -1.69. The standard InChI is InChI=1S/C6H12N/c1-4-5-6-7(2)3/h5H,4H2,1-3H3/q+1. The highest BCUT2D eigenvalue weighted by Gasteiger charge is 1.68. The highest BCUT2D eigenvalue weighted by atomic mass is 14.9. The second-order valence-electron chi connectivity index (χ2n) is 1.64. The monoisotopic (exact) mass is 98.1 g/mol. The van der Waals surface area contributed by atoms with Gasteiger partial charge >= 0.3 is 0 Å². The zero-order chi connectivity index (χ0) is 5.70. The molecule has 0 aliphatic rings. The van der Waals surface area contributed by atoms with Crippen molar-refractivity contribution >= 4 is 5.87 Å². The SMILES string of the molecule is CCC=C=[N+](C)C.